The lowest BCUT2D eigenvalue weighted by atomic mass is 10.2. The SMILES string of the molecule is CC1CN(C)CCN1c1cc(Br)nc(C2CC2)n1. The first kappa shape index (κ1) is 12.4. The topological polar surface area (TPSA) is 32.3 Å². The third-order valence-electron chi connectivity index (χ3n) is 3.77. The number of hydrogen-bond acceptors (Lipinski definition) is 4. The van der Waals surface area contributed by atoms with Crippen LogP contribution < -0.4 is 4.90 Å². The molecule has 1 unspecified atom stereocenters. The van der Waals surface area contributed by atoms with E-state index >= 15 is 0 Å². The van der Waals surface area contributed by atoms with Crippen LogP contribution in [0.4, 0.5) is 5.82 Å². The van der Waals surface area contributed by atoms with E-state index in [0.29, 0.717) is 12.0 Å². The van der Waals surface area contributed by atoms with Crippen molar-refractivity contribution in [1.82, 2.24) is 14.9 Å². The molecule has 1 saturated heterocycles. The first-order valence-corrected chi connectivity index (χ1v) is 7.42. The fraction of sp³-hybridized carbons (Fsp3) is 0.692. The fourth-order valence-corrected chi connectivity index (χ4v) is 2.96. The van der Waals surface area contributed by atoms with Gasteiger partial charge in [0.25, 0.3) is 0 Å². The lowest BCUT2D eigenvalue weighted by Crippen LogP contribution is -2.50. The van der Waals surface area contributed by atoms with Crippen LogP contribution in [0.15, 0.2) is 10.7 Å². The predicted octanol–water partition coefficient (Wildman–Crippen LogP) is 2.26. The Morgan fingerprint density at radius 1 is 1.28 bits per heavy atom. The highest BCUT2D eigenvalue weighted by Gasteiger charge is 2.29. The molecular formula is C13H19BrN4. The van der Waals surface area contributed by atoms with E-state index in [1.54, 1.807) is 0 Å². The van der Waals surface area contributed by atoms with Crippen LogP contribution >= 0.6 is 15.9 Å². The van der Waals surface area contributed by atoms with Crippen molar-refractivity contribution in [2.45, 2.75) is 31.7 Å². The smallest absolute Gasteiger partial charge is 0.135 e. The molecule has 1 saturated carbocycles. The Bertz CT molecular complexity index is 447. The standard InChI is InChI=1S/C13H19BrN4/c1-9-8-17(2)5-6-18(9)12-7-11(14)15-13(16-12)10-3-4-10/h7,9-10H,3-6,8H2,1-2H3. The Balaban J connectivity index is 1.86. The molecule has 0 spiro atoms. The normalized spacial score (nSPS) is 25.5. The van der Waals surface area contributed by atoms with Gasteiger partial charge in [0, 0.05) is 37.7 Å². The molecule has 0 aromatic carbocycles. The van der Waals surface area contributed by atoms with E-state index in [1.165, 1.54) is 12.8 Å². The summed E-state index contributed by atoms with van der Waals surface area (Å²) < 4.78 is 0.917. The quantitative estimate of drug-likeness (QED) is 0.784. The molecule has 1 aliphatic carbocycles. The van der Waals surface area contributed by atoms with Gasteiger partial charge in [-0.2, -0.15) is 0 Å². The maximum Gasteiger partial charge on any atom is 0.135 e. The summed E-state index contributed by atoms with van der Waals surface area (Å²) in [5, 5.41) is 0. The van der Waals surface area contributed by atoms with E-state index in [2.05, 4.69) is 44.7 Å². The zero-order valence-corrected chi connectivity index (χ0v) is 12.5. The molecule has 0 radical (unpaired) electrons. The van der Waals surface area contributed by atoms with Crippen LogP contribution in [0, 0.1) is 0 Å². The molecule has 2 heterocycles. The molecule has 2 fully saturated rings. The third-order valence-corrected chi connectivity index (χ3v) is 4.17. The minimum atomic E-state index is 0.512. The fourth-order valence-electron chi connectivity index (χ4n) is 2.57. The van der Waals surface area contributed by atoms with Gasteiger partial charge in [0.1, 0.15) is 16.2 Å². The molecular weight excluding hydrogens is 292 g/mol. The number of anilines is 1. The summed E-state index contributed by atoms with van der Waals surface area (Å²) in [6.07, 6.45) is 2.49. The van der Waals surface area contributed by atoms with Crippen LogP contribution in [-0.2, 0) is 0 Å². The summed E-state index contributed by atoms with van der Waals surface area (Å²) in [4.78, 5) is 14.0. The van der Waals surface area contributed by atoms with Crippen LogP contribution in [-0.4, -0.2) is 47.6 Å². The van der Waals surface area contributed by atoms with E-state index in [0.717, 1.165) is 35.9 Å². The third kappa shape index (κ3) is 2.52. The molecule has 0 N–H and O–H groups in total. The summed E-state index contributed by atoms with van der Waals surface area (Å²) in [5.74, 6) is 2.70. The van der Waals surface area contributed by atoms with Crippen molar-refractivity contribution >= 4 is 21.7 Å². The maximum atomic E-state index is 4.76. The van der Waals surface area contributed by atoms with Crippen LogP contribution in [0.1, 0.15) is 31.5 Å². The minimum absolute atomic E-state index is 0.512. The average Bonchev–Trinajstić information content (AvgIpc) is 3.11. The first-order chi connectivity index (χ1) is 8.63. The van der Waals surface area contributed by atoms with Crippen molar-refractivity contribution in [1.29, 1.82) is 0 Å². The molecule has 1 aromatic rings. The van der Waals surface area contributed by atoms with Gasteiger partial charge in [0.05, 0.1) is 0 Å². The Hall–Kier alpha value is -0.680. The monoisotopic (exact) mass is 310 g/mol. The molecule has 0 amide bonds. The minimum Gasteiger partial charge on any atom is -0.351 e. The molecule has 1 aliphatic heterocycles. The van der Waals surface area contributed by atoms with Crippen LogP contribution in [0.5, 0.6) is 0 Å². The Morgan fingerprint density at radius 2 is 2.06 bits per heavy atom. The van der Waals surface area contributed by atoms with Gasteiger partial charge in [0.2, 0.25) is 0 Å². The van der Waals surface area contributed by atoms with Crippen LogP contribution in [0.2, 0.25) is 0 Å². The molecule has 4 nitrogen and oxygen atoms in total. The molecule has 0 bridgehead atoms. The molecule has 5 heteroatoms. The number of hydrogen-bond donors (Lipinski definition) is 0. The van der Waals surface area contributed by atoms with Gasteiger partial charge < -0.3 is 9.80 Å². The number of aromatic nitrogens is 2. The van der Waals surface area contributed by atoms with Gasteiger partial charge in [-0.05, 0) is 42.7 Å². The number of nitrogens with zero attached hydrogens (tertiary/aromatic N) is 4. The summed E-state index contributed by atoms with van der Waals surface area (Å²) >= 11 is 3.52. The van der Waals surface area contributed by atoms with Crippen molar-refractivity contribution < 1.29 is 0 Å². The van der Waals surface area contributed by atoms with E-state index in [-0.39, 0.29) is 0 Å². The molecule has 98 valence electrons. The predicted molar refractivity (Wildman–Crippen MR) is 76.0 cm³/mol. The highest BCUT2D eigenvalue weighted by molar-refractivity contribution is 9.10. The first-order valence-electron chi connectivity index (χ1n) is 6.63. The molecule has 2 aliphatic rings. The number of rotatable bonds is 2. The van der Waals surface area contributed by atoms with Gasteiger partial charge in [-0.1, -0.05) is 0 Å². The van der Waals surface area contributed by atoms with Gasteiger partial charge in [0.15, 0.2) is 0 Å². The molecule has 1 aromatic heterocycles. The largest absolute Gasteiger partial charge is 0.351 e. The van der Waals surface area contributed by atoms with Crippen molar-refractivity contribution in [2.24, 2.45) is 0 Å². The van der Waals surface area contributed by atoms with Gasteiger partial charge >= 0.3 is 0 Å². The van der Waals surface area contributed by atoms with Gasteiger partial charge in [-0.25, -0.2) is 9.97 Å². The summed E-state index contributed by atoms with van der Waals surface area (Å²) in [6, 6.07) is 2.56. The van der Waals surface area contributed by atoms with E-state index in [4.69, 9.17) is 4.98 Å². The second-order valence-electron chi connectivity index (χ2n) is 5.49. The lowest BCUT2D eigenvalue weighted by Gasteiger charge is -2.39. The van der Waals surface area contributed by atoms with Gasteiger partial charge in [-0.3, -0.25) is 0 Å². The molecule has 1 atom stereocenters. The second-order valence-corrected chi connectivity index (χ2v) is 6.30. The summed E-state index contributed by atoms with van der Waals surface area (Å²) in [5.41, 5.74) is 0. The second kappa shape index (κ2) is 4.78. The van der Waals surface area contributed by atoms with E-state index < -0.39 is 0 Å². The Kier molecular flexibility index (Phi) is 3.28. The number of piperazine rings is 1. The van der Waals surface area contributed by atoms with E-state index in [1.807, 2.05) is 6.07 Å². The zero-order valence-electron chi connectivity index (χ0n) is 10.9. The van der Waals surface area contributed by atoms with E-state index in [9.17, 15) is 0 Å². The van der Waals surface area contributed by atoms with Crippen molar-refractivity contribution in [3.8, 4) is 0 Å². The number of halogens is 1. The Labute approximate surface area is 117 Å². The van der Waals surface area contributed by atoms with Crippen molar-refractivity contribution in [2.75, 3.05) is 31.6 Å². The van der Waals surface area contributed by atoms with Crippen LogP contribution in [0.25, 0.3) is 0 Å². The Morgan fingerprint density at radius 3 is 2.72 bits per heavy atom. The summed E-state index contributed by atoms with van der Waals surface area (Å²) in [6.45, 7) is 5.51. The zero-order chi connectivity index (χ0) is 12.7. The highest BCUT2D eigenvalue weighted by Crippen LogP contribution is 2.39. The molecule has 3 rings (SSSR count). The maximum absolute atomic E-state index is 4.76. The van der Waals surface area contributed by atoms with Crippen LogP contribution in [0.3, 0.4) is 0 Å². The highest BCUT2D eigenvalue weighted by atomic mass is 79.9. The lowest BCUT2D eigenvalue weighted by molar-refractivity contribution is 0.274. The van der Waals surface area contributed by atoms with Crippen molar-refractivity contribution in [3.05, 3.63) is 16.5 Å². The van der Waals surface area contributed by atoms with Crippen molar-refractivity contribution in [3.63, 3.8) is 0 Å². The summed E-state index contributed by atoms with van der Waals surface area (Å²) in [7, 11) is 2.18. The molecule has 18 heavy (non-hydrogen) atoms. The average molecular weight is 311 g/mol. The van der Waals surface area contributed by atoms with Gasteiger partial charge in [-0.15, -0.1) is 0 Å². The number of likely N-dealkylation sites (N-methyl/N-ethyl adjacent to an activating group) is 1.